The average molecular weight is 244 g/mol. The van der Waals surface area contributed by atoms with Gasteiger partial charge in [-0.25, -0.2) is 13.8 Å². The maximum atomic E-state index is 13.7. The number of halogens is 2. The molecule has 0 amide bonds. The Morgan fingerprint density at radius 3 is 2.72 bits per heavy atom. The van der Waals surface area contributed by atoms with Crippen molar-refractivity contribution in [1.82, 2.24) is 9.38 Å². The van der Waals surface area contributed by atoms with Crippen molar-refractivity contribution in [3.63, 3.8) is 0 Å². The molecular weight excluding hydrogens is 234 g/mol. The number of nitrogens with zero attached hydrogens (tertiary/aromatic N) is 2. The Morgan fingerprint density at radius 1 is 1.11 bits per heavy atom. The summed E-state index contributed by atoms with van der Waals surface area (Å²) in [6, 6.07) is 7.35. The third kappa shape index (κ3) is 1.76. The monoisotopic (exact) mass is 244 g/mol. The Kier molecular flexibility index (Phi) is 2.37. The van der Waals surface area contributed by atoms with Crippen molar-refractivity contribution in [2.45, 2.75) is 6.92 Å². The number of benzene rings is 1. The molecule has 0 spiro atoms. The molecule has 0 aliphatic rings. The first kappa shape index (κ1) is 10.9. The van der Waals surface area contributed by atoms with Crippen LogP contribution in [-0.2, 0) is 0 Å². The van der Waals surface area contributed by atoms with Gasteiger partial charge in [-0.05, 0) is 36.8 Å². The Labute approximate surface area is 103 Å². The molecule has 0 fully saturated rings. The summed E-state index contributed by atoms with van der Waals surface area (Å²) in [5, 5.41) is 0. The molecule has 2 heterocycles. The fourth-order valence-electron chi connectivity index (χ4n) is 1.91. The highest BCUT2D eigenvalue weighted by Crippen LogP contribution is 2.23. The van der Waals surface area contributed by atoms with Crippen LogP contribution < -0.4 is 0 Å². The molecule has 0 radical (unpaired) electrons. The summed E-state index contributed by atoms with van der Waals surface area (Å²) < 4.78 is 28.3. The summed E-state index contributed by atoms with van der Waals surface area (Å²) in [6.45, 7) is 1.97. The molecular formula is C14H10F2N2. The van der Waals surface area contributed by atoms with Gasteiger partial charge in [-0.3, -0.25) is 0 Å². The number of fused-ring (bicyclic) bond motifs is 1. The molecule has 0 unspecified atom stereocenters. The number of imidazole rings is 1. The Balaban J connectivity index is 2.19. The molecule has 3 aromatic rings. The van der Waals surface area contributed by atoms with Gasteiger partial charge < -0.3 is 4.40 Å². The molecule has 1 aromatic carbocycles. The second-order valence-corrected chi connectivity index (χ2v) is 4.22. The lowest BCUT2D eigenvalue weighted by Gasteiger charge is -1.98. The zero-order chi connectivity index (χ0) is 12.7. The minimum absolute atomic E-state index is 0.303. The molecule has 0 atom stereocenters. The fraction of sp³-hybridized carbons (Fsp3) is 0.0714. The third-order valence-electron chi connectivity index (χ3n) is 2.82. The summed E-state index contributed by atoms with van der Waals surface area (Å²) in [5.74, 6) is -1.19. The van der Waals surface area contributed by atoms with Crippen molar-refractivity contribution in [3.8, 4) is 11.3 Å². The van der Waals surface area contributed by atoms with E-state index in [0.717, 1.165) is 17.3 Å². The average Bonchev–Trinajstić information content (AvgIpc) is 2.71. The first-order chi connectivity index (χ1) is 8.63. The van der Waals surface area contributed by atoms with Gasteiger partial charge in [-0.1, -0.05) is 0 Å². The van der Waals surface area contributed by atoms with Crippen molar-refractivity contribution in [1.29, 1.82) is 0 Å². The van der Waals surface area contributed by atoms with Gasteiger partial charge in [0.1, 0.15) is 17.3 Å². The van der Waals surface area contributed by atoms with Gasteiger partial charge in [-0.15, -0.1) is 0 Å². The van der Waals surface area contributed by atoms with E-state index in [1.165, 1.54) is 12.1 Å². The lowest BCUT2D eigenvalue weighted by Crippen LogP contribution is -1.85. The van der Waals surface area contributed by atoms with Crippen LogP contribution in [0.25, 0.3) is 16.9 Å². The molecule has 4 heteroatoms. The van der Waals surface area contributed by atoms with E-state index in [1.807, 2.05) is 29.7 Å². The SMILES string of the molecule is Cc1ccn2cc(-c3ccc(F)cc3F)nc2c1. The van der Waals surface area contributed by atoms with Gasteiger partial charge in [-0.2, -0.15) is 0 Å². The number of aromatic nitrogens is 2. The first-order valence-electron chi connectivity index (χ1n) is 5.54. The first-order valence-corrected chi connectivity index (χ1v) is 5.54. The summed E-state index contributed by atoms with van der Waals surface area (Å²) in [4.78, 5) is 4.33. The molecule has 0 N–H and O–H groups in total. The highest BCUT2D eigenvalue weighted by Gasteiger charge is 2.10. The van der Waals surface area contributed by atoms with Crippen molar-refractivity contribution in [2.75, 3.05) is 0 Å². The van der Waals surface area contributed by atoms with Gasteiger partial charge in [0, 0.05) is 24.0 Å². The van der Waals surface area contributed by atoms with Crippen molar-refractivity contribution >= 4 is 5.65 Å². The van der Waals surface area contributed by atoms with E-state index < -0.39 is 11.6 Å². The number of hydrogen-bond acceptors (Lipinski definition) is 1. The van der Waals surface area contributed by atoms with Gasteiger partial charge >= 0.3 is 0 Å². The Hall–Kier alpha value is -2.23. The van der Waals surface area contributed by atoms with Crippen LogP contribution in [0.3, 0.4) is 0 Å². The molecule has 0 saturated heterocycles. The predicted molar refractivity (Wildman–Crippen MR) is 65.3 cm³/mol. The second kappa shape index (κ2) is 3.91. The summed E-state index contributed by atoms with van der Waals surface area (Å²) in [6.07, 6.45) is 3.59. The molecule has 0 aliphatic heterocycles. The van der Waals surface area contributed by atoms with Crippen LogP contribution in [0.4, 0.5) is 8.78 Å². The van der Waals surface area contributed by atoms with Crippen molar-refractivity contribution in [3.05, 3.63) is 59.9 Å². The zero-order valence-electron chi connectivity index (χ0n) is 9.69. The van der Waals surface area contributed by atoms with E-state index in [4.69, 9.17) is 0 Å². The highest BCUT2D eigenvalue weighted by atomic mass is 19.1. The van der Waals surface area contributed by atoms with Crippen LogP contribution in [0.1, 0.15) is 5.56 Å². The zero-order valence-corrected chi connectivity index (χ0v) is 9.69. The van der Waals surface area contributed by atoms with E-state index in [1.54, 1.807) is 6.20 Å². The van der Waals surface area contributed by atoms with Crippen LogP contribution in [-0.4, -0.2) is 9.38 Å². The van der Waals surface area contributed by atoms with E-state index in [9.17, 15) is 8.78 Å². The molecule has 3 rings (SSSR count). The van der Waals surface area contributed by atoms with E-state index in [-0.39, 0.29) is 0 Å². The summed E-state index contributed by atoms with van der Waals surface area (Å²) >= 11 is 0. The summed E-state index contributed by atoms with van der Waals surface area (Å²) in [7, 11) is 0. The van der Waals surface area contributed by atoms with Crippen molar-refractivity contribution in [2.24, 2.45) is 0 Å². The lowest BCUT2D eigenvalue weighted by atomic mass is 10.1. The number of aryl methyl sites for hydroxylation is 1. The van der Waals surface area contributed by atoms with Crippen LogP contribution in [0.2, 0.25) is 0 Å². The number of pyridine rings is 1. The van der Waals surface area contributed by atoms with E-state index in [2.05, 4.69) is 4.98 Å². The minimum atomic E-state index is -0.602. The molecule has 0 bridgehead atoms. The molecule has 0 saturated carbocycles. The van der Waals surface area contributed by atoms with E-state index in [0.29, 0.717) is 11.3 Å². The predicted octanol–water partition coefficient (Wildman–Crippen LogP) is 3.59. The van der Waals surface area contributed by atoms with Crippen LogP contribution >= 0.6 is 0 Å². The van der Waals surface area contributed by atoms with E-state index >= 15 is 0 Å². The fourth-order valence-corrected chi connectivity index (χ4v) is 1.91. The molecule has 2 nitrogen and oxygen atoms in total. The largest absolute Gasteiger partial charge is 0.306 e. The molecule has 18 heavy (non-hydrogen) atoms. The van der Waals surface area contributed by atoms with Gasteiger partial charge in [0.2, 0.25) is 0 Å². The molecule has 90 valence electrons. The van der Waals surface area contributed by atoms with Gasteiger partial charge in [0.05, 0.1) is 5.69 Å². The third-order valence-corrected chi connectivity index (χ3v) is 2.82. The topological polar surface area (TPSA) is 17.3 Å². The Morgan fingerprint density at radius 2 is 1.94 bits per heavy atom. The smallest absolute Gasteiger partial charge is 0.137 e. The normalized spacial score (nSPS) is 11.1. The quantitative estimate of drug-likeness (QED) is 0.639. The second-order valence-electron chi connectivity index (χ2n) is 4.22. The number of hydrogen-bond donors (Lipinski definition) is 0. The van der Waals surface area contributed by atoms with Crippen LogP contribution in [0.15, 0.2) is 42.7 Å². The minimum Gasteiger partial charge on any atom is -0.306 e. The highest BCUT2D eigenvalue weighted by molar-refractivity contribution is 5.63. The number of rotatable bonds is 1. The summed E-state index contributed by atoms with van der Waals surface area (Å²) in [5.41, 5.74) is 2.63. The van der Waals surface area contributed by atoms with Gasteiger partial charge in [0.15, 0.2) is 0 Å². The van der Waals surface area contributed by atoms with Crippen molar-refractivity contribution < 1.29 is 8.78 Å². The molecule has 0 aliphatic carbocycles. The maximum Gasteiger partial charge on any atom is 0.137 e. The lowest BCUT2D eigenvalue weighted by molar-refractivity contribution is 0.585. The van der Waals surface area contributed by atoms with Crippen LogP contribution in [0.5, 0.6) is 0 Å². The standard InChI is InChI=1S/C14H10F2N2/c1-9-4-5-18-8-13(17-14(18)6-9)11-3-2-10(15)7-12(11)16/h2-8H,1H3. The van der Waals surface area contributed by atoms with Crippen LogP contribution in [0, 0.1) is 18.6 Å². The maximum absolute atomic E-state index is 13.7. The Bertz CT molecular complexity index is 732. The van der Waals surface area contributed by atoms with Gasteiger partial charge in [0.25, 0.3) is 0 Å². The molecule has 2 aromatic heterocycles.